The standard InChI is InChI=1S/C25H24ClN3O/c1-30-22-9-5-8-21(15-22)25-18-28(17-19-6-3-2-4-7-19)12-13-29(25)24-11-10-20(16-27)14-23(24)26/h2-11,14-15,25H,12-13,17-18H2,1H3/t25-/m0/s1. The highest BCUT2D eigenvalue weighted by Crippen LogP contribution is 2.36. The number of rotatable bonds is 5. The molecule has 0 aromatic heterocycles. The normalized spacial score (nSPS) is 16.8. The molecule has 0 amide bonds. The molecule has 3 aromatic rings. The third-order valence-corrected chi connectivity index (χ3v) is 5.88. The van der Waals surface area contributed by atoms with Gasteiger partial charge in [-0.2, -0.15) is 5.26 Å². The number of anilines is 1. The van der Waals surface area contributed by atoms with E-state index in [1.165, 1.54) is 11.1 Å². The van der Waals surface area contributed by atoms with Gasteiger partial charge in [-0.1, -0.05) is 54.1 Å². The zero-order valence-electron chi connectivity index (χ0n) is 17.0. The van der Waals surface area contributed by atoms with Crippen LogP contribution in [0.3, 0.4) is 0 Å². The number of ether oxygens (including phenoxy) is 1. The van der Waals surface area contributed by atoms with Gasteiger partial charge in [-0.3, -0.25) is 4.90 Å². The second-order valence-corrected chi connectivity index (χ2v) is 7.89. The fourth-order valence-electron chi connectivity index (χ4n) is 4.06. The first-order valence-corrected chi connectivity index (χ1v) is 10.4. The number of halogens is 1. The molecule has 0 N–H and O–H groups in total. The molecule has 1 saturated heterocycles. The zero-order valence-corrected chi connectivity index (χ0v) is 17.7. The molecule has 0 radical (unpaired) electrons. The van der Waals surface area contributed by atoms with Gasteiger partial charge in [0, 0.05) is 26.2 Å². The topological polar surface area (TPSA) is 39.5 Å². The van der Waals surface area contributed by atoms with Crippen molar-refractivity contribution in [3.05, 3.63) is 94.5 Å². The number of hydrogen-bond acceptors (Lipinski definition) is 4. The van der Waals surface area contributed by atoms with Crippen LogP contribution in [0.4, 0.5) is 5.69 Å². The summed E-state index contributed by atoms with van der Waals surface area (Å²) in [5.41, 5.74) is 4.03. The number of methoxy groups -OCH3 is 1. The van der Waals surface area contributed by atoms with E-state index in [1.807, 2.05) is 30.3 Å². The molecule has 0 spiro atoms. The molecule has 30 heavy (non-hydrogen) atoms. The predicted octanol–water partition coefficient (Wildman–Crippen LogP) is 5.28. The number of benzene rings is 3. The molecule has 3 aromatic carbocycles. The molecule has 152 valence electrons. The Bertz CT molecular complexity index is 1050. The van der Waals surface area contributed by atoms with Crippen LogP contribution in [0.5, 0.6) is 5.75 Å². The lowest BCUT2D eigenvalue weighted by Crippen LogP contribution is -2.48. The van der Waals surface area contributed by atoms with Gasteiger partial charge in [-0.05, 0) is 41.5 Å². The summed E-state index contributed by atoms with van der Waals surface area (Å²) in [6.45, 7) is 3.57. The fraction of sp³-hybridized carbons (Fsp3) is 0.240. The average molecular weight is 418 g/mol. The van der Waals surface area contributed by atoms with E-state index < -0.39 is 0 Å². The van der Waals surface area contributed by atoms with Crippen molar-refractivity contribution in [1.82, 2.24) is 4.90 Å². The van der Waals surface area contributed by atoms with Gasteiger partial charge in [0.2, 0.25) is 0 Å². The van der Waals surface area contributed by atoms with Crippen molar-refractivity contribution in [2.45, 2.75) is 12.6 Å². The highest BCUT2D eigenvalue weighted by Gasteiger charge is 2.30. The SMILES string of the molecule is COc1cccc([C@@H]2CN(Cc3ccccc3)CCN2c2ccc(C#N)cc2Cl)c1. The van der Waals surface area contributed by atoms with Crippen molar-refractivity contribution in [1.29, 1.82) is 5.26 Å². The Kier molecular flexibility index (Phi) is 6.23. The summed E-state index contributed by atoms with van der Waals surface area (Å²) in [7, 11) is 1.69. The molecule has 4 nitrogen and oxygen atoms in total. The van der Waals surface area contributed by atoms with Crippen molar-refractivity contribution < 1.29 is 4.74 Å². The highest BCUT2D eigenvalue weighted by molar-refractivity contribution is 6.33. The summed E-state index contributed by atoms with van der Waals surface area (Å²) >= 11 is 6.59. The maximum absolute atomic E-state index is 9.18. The molecule has 0 aliphatic carbocycles. The Morgan fingerprint density at radius 1 is 1.03 bits per heavy atom. The summed E-state index contributed by atoms with van der Waals surface area (Å²) in [4.78, 5) is 4.83. The van der Waals surface area contributed by atoms with Gasteiger partial charge in [0.15, 0.2) is 0 Å². The second-order valence-electron chi connectivity index (χ2n) is 7.48. The molecule has 5 heteroatoms. The lowest BCUT2D eigenvalue weighted by Gasteiger charge is -2.43. The minimum absolute atomic E-state index is 0.128. The van der Waals surface area contributed by atoms with E-state index in [-0.39, 0.29) is 6.04 Å². The van der Waals surface area contributed by atoms with Crippen LogP contribution in [-0.2, 0) is 6.54 Å². The maximum Gasteiger partial charge on any atom is 0.119 e. The van der Waals surface area contributed by atoms with E-state index in [9.17, 15) is 5.26 Å². The Labute approximate surface area is 182 Å². The summed E-state index contributed by atoms with van der Waals surface area (Å²) in [6, 6.07) is 26.6. The first-order valence-electron chi connectivity index (χ1n) is 10.0. The van der Waals surface area contributed by atoms with Gasteiger partial charge >= 0.3 is 0 Å². The van der Waals surface area contributed by atoms with Crippen LogP contribution in [-0.4, -0.2) is 31.6 Å². The predicted molar refractivity (Wildman–Crippen MR) is 121 cm³/mol. The van der Waals surface area contributed by atoms with E-state index in [4.69, 9.17) is 16.3 Å². The minimum Gasteiger partial charge on any atom is -0.497 e. The van der Waals surface area contributed by atoms with E-state index >= 15 is 0 Å². The molecular weight excluding hydrogens is 394 g/mol. The first-order chi connectivity index (χ1) is 14.7. The van der Waals surface area contributed by atoms with Gasteiger partial charge in [0.05, 0.1) is 35.5 Å². The Balaban J connectivity index is 1.66. The summed E-state index contributed by atoms with van der Waals surface area (Å²) in [6.07, 6.45) is 0. The summed E-state index contributed by atoms with van der Waals surface area (Å²) < 4.78 is 5.47. The van der Waals surface area contributed by atoms with Crippen LogP contribution in [0.1, 0.15) is 22.7 Å². The van der Waals surface area contributed by atoms with Crippen molar-refractivity contribution in [2.24, 2.45) is 0 Å². The maximum atomic E-state index is 9.18. The Hall–Kier alpha value is -3.00. The van der Waals surface area contributed by atoms with E-state index in [0.717, 1.165) is 37.6 Å². The first kappa shape index (κ1) is 20.3. The molecule has 1 fully saturated rings. The minimum atomic E-state index is 0.128. The van der Waals surface area contributed by atoms with Crippen molar-refractivity contribution in [2.75, 3.05) is 31.6 Å². The van der Waals surface area contributed by atoms with Crippen LogP contribution < -0.4 is 9.64 Å². The third-order valence-electron chi connectivity index (χ3n) is 5.58. The smallest absolute Gasteiger partial charge is 0.119 e. The molecule has 4 rings (SSSR count). The highest BCUT2D eigenvalue weighted by atomic mass is 35.5. The van der Waals surface area contributed by atoms with Gasteiger partial charge < -0.3 is 9.64 Å². The van der Waals surface area contributed by atoms with Gasteiger partial charge in [0.25, 0.3) is 0 Å². The monoisotopic (exact) mass is 417 g/mol. The average Bonchev–Trinajstić information content (AvgIpc) is 2.80. The van der Waals surface area contributed by atoms with Crippen molar-refractivity contribution in [3.63, 3.8) is 0 Å². The Morgan fingerprint density at radius 2 is 1.87 bits per heavy atom. The molecule has 0 unspecified atom stereocenters. The lowest BCUT2D eigenvalue weighted by molar-refractivity contribution is 0.215. The van der Waals surface area contributed by atoms with Crippen LogP contribution in [0.15, 0.2) is 72.8 Å². The number of nitriles is 1. The summed E-state index contributed by atoms with van der Waals surface area (Å²) in [5, 5.41) is 9.79. The number of piperazine rings is 1. The fourth-order valence-corrected chi connectivity index (χ4v) is 4.35. The van der Waals surface area contributed by atoms with Gasteiger partial charge in [-0.15, -0.1) is 0 Å². The van der Waals surface area contributed by atoms with Crippen molar-refractivity contribution >= 4 is 17.3 Å². The quantitative estimate of drug-likeness (QED) is 0.566. The van der Waals surface area contributed by atoms with Crippen LogP contribution >= 0.6 is 11.6 Å². The van der Waals surface area contributed by atoms with Gasteiger partial charge in [-0.25, -0.2) is 0 Å². The molecular formula is C25H24ClN3O. The van der Waals surface area contributed by atoms with Crippen molar-refractivity contribution in [3.8, 4) is 11.8 Å². The van der Waals surface area contributed by atoms with E-state index in [0.29, 0.717) is 10.6 Å². The molecule has 1 aliphatic heterocycles. The van der Waals surface area contributed by atoms with Gasteiger partial charge in [0.1, 0.15) is 5.75 Å². The van der Waals surface area contributed by atoms with E-state index in [1.54, 1.807) is 13.2 Å². The molecule has 1 aliphatic rings. The van der Waals surface area contributed by atoms with Crippen LogP contribution in [0.25, 0.3) is 0 Å². The number of hydrogen-bond donors (Lipinski definition) is 0. The summed E-state index contributed by atoms with van der Waals surface area (Å²) in [5.74, 6) is 0.846. The Morgan fingerprint density at radius 3 is 2.60 bits per heavy atom. The lowest BCUT2D eigenvalue weighted by atomic mass is 10.00. The number of nitrogens with zero attached hydrogens (tertiary/aromatic N) is 3. The second kappa shape index (κ2) is 9.21. The van der Waals surface area contributed by atoms with Crippen LogP contribution in [0.2, 0.25) is 5.02 Å². The largest absolute Gasteiger partial charge is 0.497 e. The molecule has 1 atom stereocenters. The van der Waals surface area contributed by atoms with Crippen LogP contribution in [0, 0.1) is 11.3 Å². The molecule has 0 saturated carbocycles. The third kappa shape index (κ3) is 4.43. The molecule has 0 bridgehead atoms. The zero-order chi connectivity index (χ0) is 20.9. The molecule has 1 heterocycles. The van der Waals surface area contributed by atoms with E-state index in [2.05, 4.69) is 52.3 Å².